The van der Waals surface area contributed by atoms with Gasteiger partial charge in [0.15, 0.2) is 0 Å². The van der Waals surface area contributed by atoms with Gasteiger partial charge in [-0.3, -0.25) is 14.7 Å². The monoisotopic (exact) mass is 383 g/mol. The van der Waals surface area contributed by atoms with Crippen LogP contribution >= 0.6 is 0 Å². The number of carbonyl (C=O) groups excluding carboxylic acids is 1. The molecule has 0 aliphatic carbocycles. The molecule has 3 aliphatic rings. The van der Waals surface area contributed by atoms with Crippen molar-refractivity contribution in [2.24, 2.45) is 0 Å². The van der Waals surface area contributed by atoms with E-state index < -0.39 is 11.9 Å². The lowest BCUT2D eigenvalue weighted by molar-refractivity contribution is -0.141. The van der Waals surface area contributed by atoms with Crippen LogP contribution in [0, 0.1) is 0 Å². The average Bonchev–Trinajstić information content (AvgIpc) is 3.18. The van der Waals surface area contributed by atoms with Crippen molar-refractivity contribution in [1.82, 2.24) is 14.8 Å². The first-order chi connectivity index (χ1) is 12.9. The summed E-state index contributed by atoms with van der Waals surface area (Å²) in [6.45, 7) is 3.85. The van der Waals surface area contributed by atoms with E-state index in [1.807, 2.05) is 0 Å². The van der Waals surface area contributed by atoms with Gasteiger partial charge in [0.25, 0.3) is 5.91 Å². The standard InChI is InChI=1S/C19H24F3N3O2/c20-19(21,22)16-11-14(4-7-23-16)17(26)24-8-2-5-18(13-24)6-9-25(18)12-15-3-1-10-27-15/h4,7,11,15H,1-3,5-6,8-10,12-13H2/t15-,18-/m1/s1. The molecular formula is C19H24F3N3O2. The van der Waals surface area contributed by atoms with Gasteiger partial charge in [-0.05, 0) is 44.2 Å². The zero-order valence-corrected chi connectivity index (χ0v) is 15.2. The number of piperidine rings is 1. The van der Waals surface area contributed by atoms with Crippen LogP contribution in [0.3, 0.4) is 0 Å². The van der Waals surface area contributed by atoms with Crippen LogP contribution in [-0.4, -0.2) is 65.1 Å². The van der Waals surface area contributed by atoms with E-state index in [9.17, 15) is 18.0 Å². The van der Waals surface area contributed by atoms with Crippen LogP contribution in [0.1, 0.15) is 48.2 Å². The molecule has 4 heterocycles. The summed E-state index contributed by atoms with van der Waals surface area (Å²) in [7, 11) is 0. The Morgan fingerprint density at radius 3 is 2.81 bits per heavy atom. The first-order valence-electron chi connectivity index (χ1n) is 9.57. The van der Waals surface area contributed by atoms with Gasteiger partial charge < -0.3 is 9.64 Å². The minimum absolute atomic E-state index is 0.0419. The molecule has 4 rings (SSSR count). The molecule has 5 nitrogen and oxygen atoms in total. The van der Waals surface area contributed by atoms with Gasteiger partial charge in [0, 0.05) is 50.1 Å². The molecule has 1 spiro atoms. The molecule has 1 amide bonds. The number of rotatable bonds is 3. The highest BCUT2D eigenvalue weighted by Gasteiger charge is 2.48. The summed E-state index contributed by atoms with van der Waals surface area (Å²) in [6, 6.07) is 2.22. The smallest absolute Gasteiger partial charge is 0.377 e. The maximum atomic E-state index is 12.9. The molecule has 2 atom stereocenters. The van der Waals surface area contributed by atoms with Crippen LogP contribution in [0.25, 0.3) is 0 Å². The molecule has 3 fully saturated rings. The van der Waals surface area contributed by atoms with E-state index in [0.29, 0.717) is 13.1 Å². The fourth-order valence-electron chi connectivity index (χ4n) is 4.55. The van der Waals surface area contributed by atoms with Crippen molar-refractivity contribution < 1.29 is 22.7 Å². The predicted octanol–water partition coefficient (Wildman–Crippen LogP) is 2.96. The van der Waals surface area contributed by atoms with E-state index in [2.05, 4.69) is 9.88 Å². The summed E-state index contributed by atoms with van der Waals surface area (Å²) in [5.41, 5.74) is -1.01. The third-order valence-corrected chi connectivity index (χ3v) is 6.11. The Labute approximate surface area is 156 Å². The Bertz CT molecular complexity index is 706. The highest BCUT2D eigenvalue weighted by molar-refractivity contribution is 5.94. The second-order valence-electron chi connectivity index (χ2n) is 7.81. The Morgan fingerprint density at radius 1 is 1.30 bits per heavy atom. The van der Waals surface area contributed by atoms with E-state index in [1.165, 1.54) is 6.07 Å². The third kappa shape index (κ3) is 3.69. The highest BCUT2D eigenvalue weighted by atomic mass is 19.4. The van der Waals surface area contributed by atoms with Crippen molar-refractivity contribution in [3.8, 4) is 0 Å². The van der Waals surface area contributed by atoms with Crippen LogP contribution in [0.2, 0.25) is 0 Å². The van der Waals surface area contributed by atoms with Crippen molar-refractivity contribution in [2.75, 3.05) is 32.8 Å². The Morgan fingerprint density at radius 2 is 2.15 bits per heavy atom. The molecule has 0 aromatic carbocycles. The first-order valence-corrected chi connectivity index (χ1v) is 9.57. The number of nitrogens with zero attached hydrogens (tertiary/aromatic N) is 3. The maximum Gasteiger partial charge on any atom is 0.433 e. The minimum Gasteiger partial charge on any atom is -0.377 e. The molecule has 0 radical (unpaired) electrons. The maximum absolute atomic E-state index is 12.9. The average molecular weight is 383 g/mol. The second-order valence-corrected chi connectivity index (χ2v) is 7.81. The van der Waals surface area contributed by atoms with Crippen molar-refractivity contribution in [3.05, 3.63) is 29.6 Å². The topological polar surface area (TPSA) is 45.7 Å². The Kier molecular flexibility index (Phi) is 4.88. The molecular weight excluding hydrogens is 359 g/mol. The number of likely N-dealkylation sites (tertiary alicyclic amines) is 2. The van der Waals surface area contributed by atoms with Gasteiger partial charge in [0.05, 0.1) is 6.10 Å². The van der Waals surface area contributed by atoms with E-state index in [4.69, 9.17) is 4.74 Å². The summed E-state index contributed by atoms with van der Waals surface area (Å²) in [6.07, 6.45) is 1.86. The summed E-state index contributed by atoms with van der Waals surface area (Å²) < 4.78 is 44.4. The second kappa shape index (κ2) is 7.05. The van der Waals surface area contributed by atoms with Crippen molar-refractivity contribution in [2.45, 2.75) is 49.9 Å². The van der Waals surface area contributed by atoms with Gasteiger partial charge in [-0.15, -0.1) is 0 Å². The fraction of sp³-hybridized carbons (Fsp3) is 0.684. The lowest BCUT2D eigenvalue weighted by Crippen LogP contribution is -2.68. The van der Waals surface area contributed by atoms with Crippen LogP contribution in [0.4, 0.5) is 13.2 Å². The predicted molar refractivity (Wildman–Crippen MR) is 92.3 cm³/mol. The van der Waals surface area contributed by atoms with E-state index in [-0.39, 0.29) is 23.1 Å². The molecule has 1 aromatic rings. The number of hydrogen-bond donors (Lipinski definition) is 0. The molecule has 8 heteroatoms. The number of alkyl halides is 3. The Hall–Kier alpha value is -1.67. The number of aromatic nitrogens is 1. The zero-order chi connectivity index (χ0) is 19.1. The van der Waals surface area contributed by atoms with Crippen molar-refractivity contribution in [1.29, 1.82) is 0 Å². The fourth-order valence-corrected chi connectivity index (χ4v) is 4.55. The van der Waals surface area contributed by atoms with Crippen molar-refractivity contribution in [3.63, 3.8) is 0 Å². The molecule has 0 unspecified atom stereocenters. The summed E-state index contributed by atoms with van der Waals surface area (Å²) in [4.78, 5) is 20.3. The minimum atomic E-state index is -4.55. The van der Waals surface area contributed by atoms with Gasteiger partial charge in [0.1, 0.15) is 5.69 Å². The van der Waals surface area contributed by atoms with E-state index in [0.717, 1.165) is 64.1 Å². The first kappa shape index (κ1) is 18.7. The van der Waals surface area contributed by atoms with Gasteiger partial charge >= 0.3 is 6.18 Å². The molecule has 3 saturated heterocycles. The van der Waals surface area contributed by atoms with Gasteiger partial charge in [0.2, 0.25) is 0 Å². The third-order valence-electron chi connectivity index (χ3n) is 6.11. The number of amides is 1. The molecule has 27 heavy (non-hydrogen) atoms. The number of halogens is 3. The number of pyridine rings is 1. The Balaban J connectivity index is 1.46. The summed E-state index contributed by atoms with van der Waals surface area (Å²) in [5, 5.41) is 0. The normalized spacial score (nSPS) is 29.1. The molecule has 0 N–H and O–H groups in total. The summed E-state index contributed by atoms with van der Waals surface area (Å²) in [5.74, 6) is -0.342. The zero-order valence-electron chi connectivity index (χ0n) is 15.2. The largest absolute Gasteiger partial charge is 0.433 e. The lowest BCUT2D eigenvalue weighted by atomic mass is 9.77. The number of carbonyl (C=O) groups is 1. The molecule has 148 valence electrons. The van der Waals surface area contributed by atoms with Gasteiger partial charge in [-0.25, -0.2) is 0 Å². The van der Waals surface area contributed by atoms with Crippen LogP contribution in [0.15, 0.2) is 18.3 Å². The summed E-state index contributed by atoms with van der Waals surface area (Å²) >= 11 is 0. The van der Waals surface area contributed by atoms with Crippen LogP contribution in [0.5, 0.6) is 0 Å². The van der Waals surface area contributed by atoms with E-state index in [1.54, 1.807) is 4.90 Å². The SMILES string of the molecule is O=C(c1ccnc(C(F)(F)F)c1)N1CCC[C@@]2(CCN2C[C@H]2CCCO2)C1. The number of hydrogen-bond acceptors (Lipinski definition) is 4. The van der Waals surface area contributed by atoms with Crippen molar-refractivity contribution >= 4 is 5.91 Å². The van der Waals surface area contributed by atoms with E-state index >= 15 is 0 Å². The molecule has 1 aromatic heterocycles. The molecule has 0 saturated carbocycles. The quantitative estimate of drug-likeness (QED) is 0.805. The van der Waals surface area contributed by atoms with Gasteiger partial charge in [-0.2, -0.15) is 13.2 Å². The van der Waals surface area contributed by atoms with Gasteiger partial charge in [-0.1, -0.05) is 0 Å². The number of ether oxygens (including phenoxy) is 1. The van der Waals surface area contributed by atoms with Crippen LogP contribution in [-0.2, 0) is 10.9 Å². The highest BCUT2D eigenvalue weighted by Crippen LogP contribution is 2.40. The van der Waals surface area contributed by atoms with Crippen LogP contribution < -0.4 is 0 Å². The molecule has 3 aliphatic heterocycles. The molecule has 0 bridgehead atoms. The lowest BCUT2D eigenvalue weighted by Gasteiger charge is -2.57.